The van der Waals surface area contributed by atoms with E-state index in [1.54, 1.807) is 0 Å². The Morgan fingerprint density at radius 3 is 2.88 bits per heavy atom. The highest BCUT2D eigenvalue weighted by Crippen LogP contribution is 2.21. The van der Waals surface area contributed by atoms with Crippen LogP contribution in [-0.2, 0) is 0 Å². The molecule has 1 aliphatic heterocycles. The zero-order valence-electron chi connectivity index (χ0n) is 11.2. The van der Waals surface area contributed by atoms with E-state index in [2.05, 4.69) is 17.1 Å². The van der Waals surface area contributed by atoms with Crippen LogP contribution in [0.1, 0.15) is 32.6 Å². The number of hydrogen-bond acceptors (Lipinski definition) is 4. The second kappa shape index (κ2) is 8.86. The third-order valence-electron chi connectivity index (χ3n) is 3.52. The number of nitrogens with one attached hydrogen (secondary N) is 1. The topological polar surface area (TPSA) is 61.5 Å². The summed E-state index contributed by atoms with van der Waals surface area (Å²) in [5, 5.41) is 12.4. The highest BCUT2D eigenvalue weighted by molar-refractivity contribution is 4.83. The number of hydrogen-bond donors (Lipinski definition) is 3. The fraction of sp³-hybridized carbons (Fsp3) is 1.00. The summed E-state index contributed by atoms with van der Waals surface area (Å²) in [6, 6.07) is 0.582. The van der Waals surface area contributed by atoms with Crippen LogP contribution in [0.25, 0.3) is 0 Å². The van der Waals surface area contributed by atoms with Gasteiger partial charge in [0, 0.05) is 38.8 Å². The Kier molecular flexibility index (Phi) is 7.77. The number of rotatable bonds is 8. The van der Waals surface area contributed by atoms with E-state index in [1.807, 2.05) is 0 Å². The predicted molar refractivity (Wildman–Crippen MR) is 72.0 cm³/mol. The number of piperidine rings is 1. The molecule has 0 amide bonds. The van der Waals surface area contributed by atoms with Gasteiger partial charge in [0.1, 0.15) is 0 Å². The van der Waals surface area contributed by atoms with Crippen molar-refractivity contribution in [1.82, 2.24) is 10.2 Å². The summed E-state index contributed by atoms with van der Waals surface area (Å²) in [4.78, 5) is 2.49. The van der Waals surface area contributed by atoms with Crippen molar-refractivity contribution in [2.75, 3.05) is 39.3 Å². The van der Waals surface area contributed by atoms with E-state index in [-0.39, 0.29) is 6.61 Å². The number of nitrogens with zero attached hydrogens (tertiary/aromatic N) is 1. The first kappa shape index (κ1) is 14.9. The third kappa shape index (κ3) is 5.82. The first-order chi connectivity index (χ1) is 8.30. The first-order valence-electron chi connectivity index (χ1n) is 7.06. The SMILES string of the molecule is CCCC1CC(NCCCO)CN(CCN)C1. The quantitative estimate of drug-likeness (QED) is 0.540. The van der Waals surface area contributed by atoms with Crippen molar-refractivity contribution in [3.05, 3.63) is 0 Å². The molecule has 0 aliphatic carbocycles. The molecule has 0 aromatic carbocycles. The second-order valence-corrected chi connectivity index (χ2v) is 5.17. The highest BCUT2D eigenvalue weighted by atomic mass is 16.3. The van der Waals surface area contributed by atoms with Gasteiger partial charge in [-0.1, -0.05) is 13.3 Å². The molecule has 0 saturated carbocycles. The summed E-state index contributed by atoms with van der Waals surface area (Å²) in [5.74, 6) is 0.812. The van der Waals surface area contributed by atoms with Gasteiger partial charge in [-0.3, -0.25) is 0 Å². The Bertz CT molecular complexity index is 176. The second-order valence-electron chi connectivity index (χ2n) is 5.17. The van der Waals surface area contributed by atoms with Crippen molar-refractivity contribution in [2.24, 2.45) is 11.7 Å². The molecular weight excluding hydrogens is 214 g/mol. The van der Waals surface area contributed by atoms with E-state index in [9.17, 15) is 0 Å². The van der Waals surface area contributed by atoms with E-state index in [0.29, 0.717) is 6.04 Å². The average Bonchev–Trinajstić information content (AvgIpc) is 2.30. The molecule has 0 radical (unpaired) electrons. The zero-order valence-corrected chi connectivity index (χ0v) is 11.2. The van der Waals surface area contributed by atoms with Gasteiger partial charge in [-0.25, -0.2) is 0 Å². The van der Waals surface area contributed by atoms with E-state index in [4.69, 9.17) is 10.8 Å². The molecule has 2 unspecified atom stereocenters. The van der Waals surface area contributed by atoms with E-state index in [1.165, 1.54) is 25.8 Å². The van der Waals surface area contributed by atoms with E-state index < -0.39 is 0 Å². The van der Waals surface area contributed by atoms with Gasteiger partial charge in [0.05, 0.1) is 0 Å². The first-order valence-corrected chi connectivity index (χ1v) is 7.06. The maximum atomic E-state index is 8.80. The Labute approximate surface area is 106 Å². The van der Waals surface area contributed by atoms with Gasteiger partial charge in [-0.15, -0.1) is 0 Å². The van der Waals surface area contributed by atoms with Crippen LogP contribution in [-0.4, -0.2) is 55.4 Å². The van der Waals surface area contributed by atoms with Crippen molar-refractivity contribution in [2.45, 2.75) is 38.6 Å². The van der Waals surface area contributed by atoms with Crippen LogP contribution in [0.5, 0.6) is 0 Å². The minimum absolute atomic E-state index is 0.282. The molecule has 4 heteroatoms. The summed E-state index contributed by atoms with van der Waals surface area (Å²) in [7, 11) is 0. The van der Waals surface area contributed by atoms with Crippen LogP contribution < -0.4 is 11.1 Å². The maximum Gasteiger partial charge on any atom is 0.0443 e. The van der Waals surface area contributed by atoms with Crippen LogP contribution in [0, 0.1) is 5.92 Å². The summed E-state index contributed by atoms with van der Waals surface area (Å²) in [6.07, 6.45) is 4.72. The number of aliphatic hydroxyl groups is 1. The number of likely N-dealkylation sites (tertiary alicyclic amines) is 1. The molecule has 1 saturated heterocycles. The lowest BCUT2D eigenvalue weighted by atomic mass is 9.90. The molecule has 0 aromatic heterocycles. The van der Waals surface area contributed by atoms with Gasteiger partial charge in [0.25, 0.3) is 0 Å². The van der Waals surface area contributed by atoms with Crippen molar-refractivity contribution in [3.8, 4) is 0 Å². The molecule has 1 aliphatic rings. The number of aliphatic hydroxyl groups excluding tert-OH is 1. The van der Waals surface area contributed by atoms with Gasteiger partial charge in [0.2, 0.25) is 0 Å². The van der Waals surface area contributed by atoms with Gasteiger partial charge in [0.15, 0.2) is 0 Å². The van der Waals surface area contributed by atoms with Crippen molar-refractivity contribution >= 4 is 0 Å². The Morgan fingerprint density at radius 2 is 2.24 bits per heavy atom. The Hall–Kier alpha value is -0.160. The fourth-order valence-corrected chi connectivity index (χ4v) is 2.82. The lowest BCUT2D eigenvalue weighted by Gasteiger charge is -2.38. The summed E-state index contributed by atoms with van der Waals surface area (Å²) >= 11 is 0. The third-order valence-corrected chi connectivity index (χ3v) is 3.52. The average molecular weight is 243 g/mol. The van der Waals surface area contributed by atoms with Crippen LogP contribution >= 0.6 is 0 Å². The molecule has 4 N–H and O–H groups in total. The lowest BCUT2D eigenvalue weighted by molar-refractivity contribution is 0.137. The van der Waals surface area contributed by atoms with Crippen LogP contribution in [0.2, 0.25) is 0 Å². The van der Waals surface area contributed by atoms with Gasteiger partial charge >= 0.3 is 0 Å². The molecule has 102 valence electrons. The van der Waals surface area contributed by atoms with Crippen molar-refractivity contribution < 1.29 is 5.11 Å². The van der Waals surface area contributed by atoms with E-state index >= 15 is 0 Å². The minimum atomic E-state index is 0.282. The number of nitrogens with two attached hydrogens (primary N) is 1. The fourth-order valence-electron chi connectivity index (χ4n) is 2.82. The lowest BCUT2D eigenvalue weighted by Crippen LogP contribution is -2.50. The molecule has 2 atom stereocenters. The smallest absolute Gasteiger partial charge is 0.0443 e. The monoisotopic (exact) mass is 243 g/mol. The molecule has 4 nitrogen and oxygen atoms in total. The van der Waals surface area contributed by atoms with Crippen LogP contribution in [0.15, 0.2) is 0 Å². The van der Waals surface area contributed by atoms with Crippen LogP contribution in [0.4, 0.5) is 0 Å². The largest absolute Gasteiger partial charge is 0.396 e. The summed E-state index contributed by atoms with van der Waals surface area (Å²) in [6.45, 7) is 7.56. The highest BCUT2D eigenvalue weighted by Gasteiger charge is 2.25. The van der Waals surface area contributed by atoms with E-state index in [0.717, 1.165) is 38.5 Å². The molecule has 1 heterocycles. The van der Waals surface area contributed by atoms with Crippen molar-refractivity contribution in [3.63, 3.8) is 0 Å². The zero-order chi connectivity index (χ0) is 12.5. The minimum Gasteiger partial charge on any atom is -0.396 e. The summed E-state index contributed by atoms with van der Waals surface area (Å²) < 4.78 is 0. The van der Waals surface area contributed by atoms with Gasteiger partial charge < -0.3 is 21.1 Å². The normalized spacial score (nSPS) is 26.3. The molecule has 0 bridgehead atoms. The Morgan fingerprint density at radius 1 is 1.41 bits per heavy atom. The Balaban J connectivity index is 2.35. The van der Waals surface area contributed by atoms with Crippen molar-refractivity contribution in [1.29, 1.82) is 0 Å². The molecule has 1 fully saturated rings. The van der Waals surface area contributed by atoms with Gasteiger partial charge in [-0.2, -0.15) is 0 Å². The summed E-state index contributed by atoms with van der Waals surface area (Å²) in [5.41, 5.74) is 5.65. The molecule has 0 aromatic rings. The standard InChI is InChI=1S/C13H29N3O/c1-2-4-12-9-13(15-6-3-8-17)11-16(10-12)7-5-14/h12-13,15,17H,2-11,14H2,1H3. The molecule has 17 heavy (non-hydrogen) atoms. The van der Waals surface area contributed by atoms with Crippen LogP contribution in [0.3, 0.4) is 0 Å². The predicted octanol–water partition coefficient (Wildman–Crippen LogP) is 0.408. The molecule has 1 rings (SSSR count). The van der Waals surface area contributed by atoms with Gasteiger partial charge in [-0.05, 0) is 31.7 Å². The molecular formula is C13H29N3O. The maximum absolute atomic E-state index is 8.80. The molecule has 0 spiro atoms.